The van der Waals surface area contributed by atoms with Crippen LogP contribution in [0.2, 0.25) is 0 Å². The lowest BCUT2D eigenvalue weighted by Crippen LogP contribution is -2.21. The van der Waals surface area contributed by atoms with Gasteiger partial charge in [-0.25, -0.2) is 0 Å². The van der Waals surface area contributed by atoms with Crippen molar-refractivity contribution in [3.8, 4) is 17.2 Å². The third-order valence-corrected chi connectivity index (χ3v) is 3.47. The van der Waals surface area contributed by atoms with Gasteiger partial charge >= 0.3 is 0 Å². The number of phenolic OH excluding ortho intramolecular Hbond substituents is 3. The summed E-state index contributed by atoms with van der Waals surface area (Å²) in [6.07, 6.45) is 0. The Morgan fingerprint density at radius 1 is 0.750 bits per heavy atom. The Bertz CT molecular complexity index is 785. The van der Waals surface area contributed by atoms with Gasteiger partial charge < -0.3 is 15.3 Å². The molecular formula is C15H10O5. The molecule has 0 bridgehead atoms. The summed E-state index contributed by atoms with van der Waals surface area (Å²) in [6.45, 7) is 1.60. The average molecular weight is 270 g/mol. The average Bonchev–Trinajstić information content (AvgIpc) is 2.41. The Morgan fingerprint density at radius 2 is 1.30 bits per heavy atom. The second-order valence-electron chi connectivity index (χ2n) is 4.67. The summed E-state index contributed by atoms with van der Waals surface area (Å²) in [7, 11) is 0. The van der Waals surface area contributed by atoms with Crippen molar-refractivity contribution in [1.82, 2.24) is 0 Å². The van der Waals surface area contributed by atoms with Crippen LogP contribution in [0.4, 0.5) is 0 Å². The molecule has 0 fully saturated rings. The zero-order chi connectivity index (χ0) is 14.6. The van der Waals surface area contributed by atoms with Crippen molar-refractivity contribution in [3.05, 3.63) is 52.1 Å². The molecule has 100 valence electrons. The summed E-state index contributed by atoms with van der Waals surface area (Å²) in [5.74, 6) is -2.33. The van der Waals surface area contributed by atoms with E-state index in [1.165, 1.54) is 12.1 Å². The van der Waals surface area contributed by atoms with Crippen LogP contribution in [0.1, 0.15) is 37.4 Å². The van der Waals surface area contributed by atoms with Crippen molar-refractivity contribution in [2.24, 2.45) is 0 Å². The topological polar surface area (TPSA) is 94.8 Å². The van der Waals surface area contributed by atoms with E-state index in [2.05, 4.69) is 0 Å². The predicted octanol–water partition coefficient (Wildman–Crippen LogP) is 1.89. The van der Waals surface area contributed by atoms with Crippen LogP contribution in [-0.4, -0.2) is 26.9 Å². The number of carbonyl (C=O) groups is 2. The van der Waals surface area contributed by atoms with E-state index >= 15 is 0 Å². The number of hydrogen-bond donors (Lipinski definition) is 3. The zero-order valence-electron chi connectivity index (χ0n) is 10.5. The largest absolute Gasteiger partial charge is 0.507 e. The van der Waals surface area contributed by atoms with Gasteiger partial charge in [0, 0.05) is 5.56 Å². The van der Waals surface area contributed by atoms with Gasteiger partial charge in [-0.15, -0.1) is 0 Å². The first-order chi connectivity index (χ1) is 9.43. The number of rotatable bonds is 0. The third kappa shape index (κ3) is 1.37. The molecule has 5 nitrogen and oxygen atoms in total. The maximum atomic E-state index is 12.4. The summed E-state index contributed by atoms with van der Waals surface area (Å²) in [5.41, 5.74) is -0.169. The van der Waals surface area contributed by atoms with Crippen molar-refractivity contribution in [2.75, 3.05) is 0 Å². The molecular weight excluding hydrogens is 260 g/mol. The van der Waals surface area contributed by atoms with Gasteiger partial charge in [0.05, 0.1) is 16.7 Å². The molecule has 2 aromatic rings. The van der Waals surface area contributed by atoms with E-state index in [9.17, 15) is 24.9 Å². The van der Waals surface area contributed by atoms with E-state index in [0.29, 0.717) is 5.56 Å². The van der Waals surface area contributed by atoms with Crippen molar-refractivity contribution in [3.63, 3.8) is 0 Å². The summed E-state index contributed by atoms with van der Waals surface area (Å²) < 4.78 is 0. The van der Waals surface area contributed by atoms with E-state index in [-0.39, 0.29) is 33.8 Å². The maximum Gasteiger partial charge on any atom is 0.202 e. The van der Waals surface area contributed by atoms with Crippen molar-refractivity contribution >= 4 is 11.6 Å². The molecule has 0 unspecified atom stereocenters. The number of phenols is 3. The monoisotopic (exact) mass is 270 g/mol. The molecule has 0 saturated heterocycles. The van der Waals surface area contributed by atoms with E-state index in [1.807, 2.05) is 0 Å². The number of aromatic hydroxyl groups is 3. The van der Waals surface area contributed by atoms with Crippen LogP contribution in [0.5, 0.6) is 17.2 Å². The number of carbonyl (C=O) groups excluding carboxylic acids is 2. The fourth-order valence-electron chi connectivity index (χ4n) is 2.41. The van der Waals surface area contributed by atoms with Crippen molar-refractivity contribution in [1.29, 1.82) is 0 Å². The molecule has 0 spiro atoms. The summed E-state index contributed by atoms with van der Waals surface area (Å²) in [4.78, 5) is 24.8. The lowest BCUT2D eigenvalue weighted by Gasteiger charge is -2.20. The normalized spacial score (nSPS) is 13.1. The summed E-state index contributed by atoms with van der Waals surface area (Å²) in [6, 6.07) is 5.23. The molecule has 3 N–H and O–H groups in total. The quantitative estimate of drug-likeness (QED) is 0.542. The number of hydrogen-bond acceptors (Lipinski definition) is 5. The molecule has 0 saturated carbocycles. The highest BCUT2D eigenvalue weighted by Crippen LogP contribution is 2.40. The Morgan fingerprint density at radius 3 is 1.90 bits per heavy atom. The van der Waals surface area contributed by atoms with E-state index in [0.717, 1.165) is 12.1 Å². The van der Waals surface area contributed by atoms with Gasteiger partial charge in [-0.2, -0.15) is 0 Å². The van der Waals surface area contributed by atoms with Gasteiger partial charge in [0.1, 0.15) is 17.2 Å². The number of aryl methyl sites for hydroxylation is 1. The van der Waals surface area contributed by atoms with Crippen LogP contribution in [0.15, 0.2) is 24.3 Å². The lowest BCUT2D eigenvalue weighted by atomic mass is 9.82. The van der Waals surface area contributed by atoms with Crippen LogP contribution >= 0.6 is 0 Å². The SMILES string of the molecule is Cc1ccc2c(c1O)C(=O)c1c(O)ccc(O)c1C2=O. The molecule has 5 heteroatoms. The second-order valence-corrected chi connectivity index (χ2v) is 4.67. The van der Waals surface area contributed by atoms with Gasteiger partial charge in [-0.3, -0.25) is 9.59 Å². The van der Waals surface area contributed by atoms with E-state index in [1.54, 1.807) is 6.92 Å². The number of benzene rings is 2. The molecule has 0 atom stereocenters. The number of fused-ring (bicyclic) bond motifs is 2. The van der Waals surface area contributed by atoms with Crippen molar-refractivity contribution < 1.29 is 24.9 Å². The minimum Gasteiger partial charge on any atom is -0.507 e. The van der Waals surface area contributed by atoms with Crippen LogP contribution in [-0.2, 0) is 0 Å². The minimum absolute atomic E-state index is 0.0199. The zero-order valence-corrected chi connectivity index (χ0v) is 10.5. The van der Waals surface area contributed by atoms with E-state index in [4.69, 9.17) is 0 Å². The van der Waals surface area contributed by atoms with Gasteiger partial charge in [0.15, 0.2) is 5.78 Å². The standard InChI is InChI=1S/C15H10O5/c1-6-2-3-7-10(13(6)18)15(20)12-9(17)5-4-8(16)11(12)14(7)19/h2-5,16-18H,1H3. The van der Waals surface area contributed by atoms with Gasteiger partial charge in [-0.05, 0) is 30.7 Å². The summed E-state index contributed by atoms with van der Waals surface area (Å²) in [5, 5.41) is 29.6. The van der Waals surface area contributed by atoms with Gasteiger partial charge in [-0.1, -0.05) is 6.07 Å². The Balaban J connectivity index is 2.43. The minimum atomic E-state index is -0.677. The highest BCUT2D eigenvalue weighted by atomic mass is 16.3. The smallest absolute Gasteiger partial charge is 0.202 e. The molecule has 0 amide bonds. The first kappa shape index (κ1) is 12.2. The summed E-state index contributed by atoms with van der Waals surface area (Å²) >= 11 is 0. The maximum absolute atomic E-state index is 12.4. The van der Waals surface area contributed by atoms with Gasteiger partial charge in [0.25, 0.3) is 0 Å². The first-order valence-electron chi connectivity index (χ1n) is 5.90. The molecule has 20 heavy (non-hydrogen) atoms. The second kappa shape index (κ2) is 3.84. The molecule has 1 aliphatic rings. The Labute approximate surface area is 113 Å². The van der Waals surface area contributed by atoms with Crippen LogP contribution < -0.4 is 0 Å². The lowest BCUT2D eigenvalue weighted by molar-refractivity contribution is 0.0971. The van der Waals surface area contributed by atoms with Gasteiger partial charge in [0.2, 0.25) is 5.78 Å². The molecule has 2 aromatic carbocycles. The highest BCUT2D eigenvalue weighted by Gasteiger charge is 2.36. The fraction of sp³-hybridized carbons (Fsp3) is 0.0667. The Kier molecular flexibility index (Phi) is 2.34. The Hall–Kier alpha value is -2.82. The first-order valence-corrected chi connectivity index (χ1v) is 5.90. The molecule has 0 radical (unpaired) electrons. The highest BCUT2D eigenvalue weighted by molar-refractivity contribution is 6.31. The molecule has 0 heterocycles. The predicted molar refractivity (Wildman–Crippen MR) is 69.5 cm³/mol. The van der Waals surface area contributed by atoms with Crippen LogP contribution in [0.3, 0.4) is 0 Å². The fourth-order valence-corrected chi connectivity index (χ4v) is 2.41. The third-order valence-electron chi connectivity index (χ3n) is 3.47. The van der Waals surface area contributed by atoms with E-state index < -0.39 is 17.3 Å². The molecule has 0 aliphatic heterocycles. The van der Waals surface area contributed by atoms with Crippen molar-refractivity contribution in [2.45, 2.75) is 6.92 Å². The van der Waals surface area contributed by atoms with Crippen LogP contribution in [0, 0.1) is 6.92 Å². The number of ketones is 2. The molecule has 3 rings (SSSR count). The molecule has 0 aromatic heterocycles. The van der Waals surface area contributed by atoms with Crippen LogP contribution in [0.25, 0.3) is 0 Å². The molecule has 1 aliphatic carbocycles.